The predicted molar refractivity (Wildman–Crippen MR) is 86.7 cm³/mol. The van der Waals surface area contributed by atoms with Crippen LogP contribution in [0.4, 0.5) is 0 Å². The smallest absolute Gasteiger partial charge is 0.223 e. The Morgan fingerprint density at radius 2 is 2.05 bits per heavy atom. The second-order valence-electron chi connectivity index (χ2n) is 5.67. The van der Waals surface area contributed by atoms with E-state index >= 15 is 0 Å². The molecule has 0 aromatic carbocycles. The number of nitrogens with zero attached hydrogens (tertiary/aromatic N) is 2. The molecular formula is C16H26N2O2S. The van der Waals surface area contributed by atoms with Gasteiger partial charge >= 0.3 is 0 Å². The van der Waals surface area contributed by atoms with Crippen molar-refractivity contribution < 1.29 is 9.90 Å². The van der Waals surface area contributed by atoms with Crippen LogP contribution in [0, 0.1) is 6.92 Å². The first kappa shape index (κ1) is 16.5. The zero-order valence-corrected chi connectivity index (χ0v) is 13.9. The highest BCUT2D eigenvalue weighted by atomic mass is 32.1. The van der Waals surface area contributed by atoms with Gasteiger partial charge in [-0.3, -0.25) is 9.69 Å². The Bertz CT molecular complexity index is 449. The average Bonchev–Trinajstić information content (AvgIpc) is 2.92. The molecule has 2 rings (SSSR count). The summed E-state index contributed by atoms with van der Waals surface area (Å²) in [5, 5.41) is 9.34. The van der Waals surface area contributed by atoms with Gasteiger partial charge < -0.3 is 10.0 Å². The Morgan fingerprint density at radius 1 is 1.33 bits per heavy atom. The molecule has 0 unspecified atom stereocenters. The van der Waals surface area contributed by atoms with Crippen LogP contribution in [-0.4, -0.2) is 59.6 Å². The average molecular weight is 310 g/mol. The molecule has 1 aromatic rings. The van der Waals surface area contributed by atoms with Gasteiger partial charge in [-0.1, -0.05) is 6.92 Å². The zero-order valence-electron chi connectivity index (χ0n) is 13.0. The molecule has 4 nitrogen and oxygen atoms in total. The van der Waals surface area contributed by atoms with Crippen LogP contribution in [0.1, 0.15) is 29.5 Å². The first-order chi connectivity index (χ1) is 10.1. The molecule has 1 aliphatic heterocycles. The first-order valence-electron chi connectivity index (χ1n) is 7.82. The fourth-order valence-electron chi connectivity index (χ4n) is 2.85. The van der Waals surface area contributed by atoms with Gasteiger partial charge in [-0.15, -0.1) is 11.3 Å². The molecule has 0 bridgehead atoms. The van der Waals surface area contributed by atoms with Gasteiger partial charge in [0.25, 0.3) is 0 Å². The maximum atomic E-state index is 12.3. The fraction of sp³-hybridized carbons (Fsp3) is 0.688. The zero-order chi connectivity index (χ0) is 15.2. The molecule has 21 heavy (non-hydrogen) atoms. The number of aliphatic hydroxyl groups is 1. The Hall–Kier alpha value is -0.910. The molecule has 1 aromatic heterocycles. The van der Waals surface area contributed by atoms with Gasteiger partial charge in [-0.05, 0) is 31.9 Å². The monoisotopic (exact) mass is 310 g/mol. The standard InChI is InChI=1S/C16H26N2O2S/c1-3-14(12-19)17-8-10-18(11-9-17)16(20)7-6-15-5-4-13(2)21-15/h4-5,14,19H,3,6-12H2,1-2H3/t14-/m0/s1. The van der Waals surface area contributed by atoms with Crippen molar-refractivity contribution in [3.05, 3.63) is 21.9 Å². The van der Waals surface area contributed by atoms with Gasteiger partial charge in [-0.2, -0.15) is 0 Å². The van der Waals surface area contributed by atoms with Gasteiger partial charge in [0.15, 0.2) is 0 Å². The number of hydrogen-bond acceptors (Lipinski definition) is 4. The molecule has 1 amide bonds. The van der Waals surface area contributed by atoms with Crippen LogP contribution >= 0.6 is 11.3 Å². The number of aryl methyl sites for hydroxylation is 2. The van der Waals surface area contributed by atoms with Crippen LogP contribution in [-0.2, 0) is 11.2 Å². The molecule has 5 heteroatoms. The quantitative estimate of drug-likeness (QED) is 0.873. The summed E-state index contributed by atoms with van der Waals surface area (Å²) in [6, 6.07) is 4.48. The number of aliphatic hydroxyl groups excluding tert-OH is 1. The first-order valence-corrected chi connectivity index (χ1v) is 8.63. The second kappa shape index (κ2) is 7.92. The minimum atomic E-state index is 0.210. The number of rotatable bonds is 6. The Labute approximate surface area is 131 Å². The van der Waals surface area contributed by atoms with E-state index < -0.39 is 0 Å². The highest BCUT2D eigenvalue weighted by Gasteiger charge is 2.24. The summed E-state index contributed by atoms with van der Waals surface area (Å²) in [5.74, 6) is 0.262. The Kier molecular flexibility index (Phi) is 6.21. The maximum absolute atomic E-state index is 12.3. The summed E-state index contributed by atoms with van der Waals surface area (Å²) in [4.78, 5) is 19.1. The molecule has 2 heterocycles. The van der Waals surface area contributed by atoms with Crippen LogP contribution in [0.15, 0.2) is 12.1 Å². The molecule has 1 fully saturated rings. The molecule has 0 spiro atoms. The molecule has 118 valence electrons. The van der Waals surface area contributed by atoms with Crippen molar-refractivity contribution in [2.45, 2.75) is 39.2 Å². The summed E-state index contributed by atoms with van der Waals surface area (Å²) < 4.78 is 0. The number of thiophene rings is 1. The molecule has 1 saturated heterocycles. The van der Waals surface area contributed by atoms with E-state index in [-0.39, 0.29) is 18.6 Å². The summed E-state index contributed by atoms with van der Waals surface area (Å²) in [6.07, 6.45) is 2.42. The van der Waals surface area contributed by atoms with Crippen molar-refractivity contribution in [3.8, 4) is 0 Å². The van der Waals surface area contributed by atoms with Crippen LogP contribution in [0.2, 0.25) is 0 Å². The third-order valence-corrected chi connectivity index (χ3v) is 5.31. The normalized spacial score (nSPS) is 18.0. The van der Waals surface area contributed by atoms with Gasteiger partial charge in [0.05, 0.1) is 6.61 Å². The summed E-state index contributed by atoms with van der Waals surface area (Å²) >= 11 is 1.78. The number of piperazine rings is 1. The van der Waals surface area contributed by atoms with Crippen LogP contribution in [0.3, 0.4) is 0 Å². The van der Waals surface area contributed by atoms with Crippen molar-refractivity contribution in [3.63, 3.8) is 0 Å². The lowest BCUT2D eigenvalue weighted by Gasteiger charge is -2.38. The summed E-state index contributed by atoms with van der Waals surface area (Å²) in [6.45, 7) is 7.74. The maximum Gasteiger partial charge on any atom is 0.223 e. The van der Waals surface area contributed by atoms with Crippen LogP contribution in [0.25, 0.3) is 0 Å². The fourth-order valence-corrected chi connectivity index (χ4v) is 3.74. The predicted octanol–water partition coefficient (Wildman–Crippen LogP) is 1.90. The van der Waals surface area contributed by atoms with Crippen molar-refractivity contribution in [1.82, 2.24) is 9.80 Å². The highest BCUT2D eigenvalue weighted by molar-refractivity contribution is 7.11. The SMILES string of the molecule is CC[C@@H](CO)N1CCN(C(=O)CCc2ccc(C)s2)CC1. The number of carbonyl (C=O) groups excluding carboxylic acids is 1. The molecule has 0 saturated carbocycles. The third-order valence-electron chi connectivity index (χ3n) is 4.25. The number of carbonyl (C=O) groups is 1. The Morgan fingerprint density at radius 3 is 2.57 bits per heavy atom. The van der Waals surface area contributed by atoms with Crippen molar-refractivity contribution >= 4 is 17.2 Å². The summed E-state index contributed by atoms with van der Waals surface area (Å²) in [7, 11) is 0. The van der Waals surface area contributed by atoms with E-state index in [0.29, 0.717) is 6.42 Å². The number of amides is 1. The van der Waals surface area contributed by atoms with E-state index in [1.54, 1.807) is 11.3 Å². The lowest BCUT2D eigenvalue weighted by Crippen LogP contribution is -2.52. The van der Waals surface area contributed by atoms with E-state index in [2.05, 4.69) is 30.9 Å². The lowest BCUT2D eigenvalue weighted by atomic mass is 10.1. The third kappa shape index (κ3) is 4.53. The van der Waals surface area contributed by atoms with Gasteiger partial charge in [-0.25, -0.2) is 0 Å². The Balaban J connectivity index is 1.75. The lowest BCUT2D eigenvalue weighted by molar-refractivity contribution is -0.133. The molecule has 1 aliphatic rings. The van der Waals surface area contributed by atoms with E-state index in [9.17, 15) is 9.90 Å². The van der Waals surface area contributed by atoms with Crippen LogP contribution < -0.4 is 0 Å². The molecule has 1 atom stereocenters. The van der Waals surface area contributed by atoms with E-state index in [1.165, 1.54) is 9.75 Å². The van der Waals surface area contributed by atoms with E-state index in [4.69, 9.17) is 0 Å². The minimum Gasteiger partial charge on any atom is -0.395 e. The number of hydrogen-bond donors (Lipinski definition) is 1. The van der Waals surface area contributed by atoms with Gasteiger partial charge in [0.1, 0.15) is 0 Å². The van der Waals surface area contributed by atoms with Crippen molar-refractivity contribution in [2.24, 2.45) is 0 Å². The van der Waals surface area contributed by atoms with Crippen molar-refractivity contribution in [2.75, 3.05) is 32.8 Å². The topological polar surface area (TPSA) is 43.8 Å². The van der Waals surface area contributed by atoms with E-state index in [0.717, 1.165) is 39.0 Å². The molecular weight excluding hydrogens is 284 g/mol. The highest BCUT2D eigenvalue weighted by Crippen LogP contribution is 2.17. The van der Waals surface area contributed by atoms with Crippen molar-refractivity contribution in [1.29, 1.82) is 0 Å². The minimum absolute atomic E-state index is 0.210. The second-order valence-corrected chi connectivity index (χ2v) is 7.05. The summed E-state index contributed by atoms with van der Waals surface area (Å²) in [5.41, 5.74) is 0. The van der Waals surface area contributed by atoms with Gasteiger partial charge in [0.2, 0.25) is 5.91 Å². The molecule has 0 radical (unpaired) electrons. The van der Waals surface area contributed by atoms with E-state index in [1.807, 2.05) is 4.90 Å². The molecule has 0 aliphatic carbocycles. The molecule has 1 N–H and O–H groups in total. The van der Waals surface area contributed by atoms with Gasteiger partial charge in [0, 0.05) is 48.4 Å². The van der Waals surface area contributed by atoms with Crippen LogP contribution in [0.5, 0.6) is 0 Å². The largest absolute Gasteiger partial charge is 0.395 e.